The summed E-state index contributed by atoms with van der Waals surface area (Å²) in [6.45, 7) is 0. The summed E-state index contributed by atoms with van der Waals surface area (Å²) < 4.78 is 0. The first-order valence-corrected chi connectivity index (χ1v) is 10.1. The van der Waals surface area contributed by atoms with E-state index in [1.807, 2.05) is 0 Å². The number of hydrogen-bond acceptors (Lipinski definition) is 0. The molecule has 2 saturated carbocycles. The van der Waals surface area contributed by atoms with Gasteiger partial charge in [-0.2, -0.15) is 0 Å². The summed E-state index contributed by atoms with van der Waals surface area (Å²) in [5, 5.41) is -0.0284. The Hall–Kier alpha value is 0.260. The van der Waals surface area contributed by atoms with Gasteiger partial charge in [-0.05, 0) is 0 Å². The van der Waals surface area contributed by atoms with Crippen LogP contribution in [0.2, 0.25) is 11.0 Å². The van der Waals surface area contributed by atoms with Crippen LogP contribution in [-0.2, 0) is 0 Å². The standard InChI is InChI=1S/C18H33B4/c19-18(15-11-7-3-4-8-12-16-18)21-22-20-17-13-9-5-1-2-6-10-14-17/h17H,1-16H2. The molecule has 2 aliphatic carbocycles. The van der Waals surface area contributed by atoms with Gasteiger partial charge in [-0.3, -0.25) is 0 Å². The molecule has 0 heterocycles. The largest absolute Gasteiger partial charge is 0.0997 e. The maximum atomic E-state index is 6.69. The van der Waals surface area contributed by atoms with Gasteiger partial charge in [0, 0.05) is 7.06 Å². The highest BCUT2D eigenvalue weighted by Crippen LogP contribution is 2.35. The van der Waals surface area contributed by atoms with Crippen LogP contribution in [0.4, 0.5) is 0 Å². The molecular weight excluding hydrogens is 259 g/mol. The van der Waals surface area contributed by atoms with E-state index >= 15 is 0 Å². The van der Waals surface area contributed by atoms with Crippen LogP contribution in [0.1, 0.15) is 103 Å². The lowest BCUT2D eigenvalue weighted by Gasteiger charge is -2.30. The smallest absolute Gasteiger partial charge is 0.0620 e. The topological polar surface area (TPSA) is 0 Å². The molecule has 0 aromatic heterocycles. The summed E-state index contributed by atoms with van der Waals surface area (Å²) in [4.78, 5) is 0. The van der Waals surface area contributed by atoms with E-state index in [0.717, 1.165) is 5.82 Å². The molecule has 5 radical (unpaired) electrons. The molecule has 0 nitrogen and oxygen atoms in total. The van der Waals surface area contributed by atoms with Gasteiger partial charge in [-0.15, -0.1) is 0 Å². The third-order valence-electron chi connectivity index (χ3n) is 5.75. The van der Waals surface area contributed by atoms with E-state index in [2.05, 4.69) is 21.4 Å². The highest BCUT2D eigenvalue weighted by molar-refractivity contribution is 7.31. The van der Waals surface area contributed by atoms with Crippen LogP contribution < -0.4 is 0 Å². The van der Waals surface area contributed by atoms with E-state index in [0.29, 0.717) is 0 Å². The summed E-state index contributed by atoms with van der Waals surface area (Å²) >= 11 is 0. The van der Waals surface area contributed by atoms with Gasteiger partial charge in [0.25, 0.3) is 0 Å². The van der Waals surface area contributed by atoms with Crippen molar-refractivity contribution in [3.05, 3.63) is 0 Å². The van der Waals surface area contributed by atoms with Crippen molar-refractivity contribution in [1.29, 1.82) is 0 Å². The molecule has 4 heteroatoms. The molecule has 22 heavy (non-hydrogen) atoms. The molecule has 0 N–H and O–H groups in total. The van der Waals surface area contributed by atoms with Crippen LogP contribution in [0, 0.1) is 0 Å². The summed E-state index contributed by atoms with van der Waals surface area (Å²) in [6, 6.07) is 0. The predicted molar refractivity (Wildman–Crippen MR) is 103 cm³/mol. The molecule has 117 valence electrons. The third kappa shape index (κ3) is 7.69. The van der Waals surface area contributed by atoms with Crippen molar-refractivity contribution in [3.8, 4) is 0 Å². The minimum Gasteiger partial charge on any atom is -0.0997 e. The lowest BCUT2D eigenvalue weighted by atomic mass is 9.09. The van der Waals surface area contributed by atoms with Gasteiger partial charge in [-0.25, -0.2) is 0 Å². The van der Waals surface area contributed by atoms with E-state index in [-0.39, 0.29) is 5.21 Å². The van der Waals surface area contributed by atoms with Crippen LogP contribution in [0.25, 0.3) is 0 Å². The van der Waals surface area contributed by atoms with Crippen LogP contribution >= 0.6 is 0 Å². The molecule has 2 fully saturated rings. The second kappa shape index (κ2) is 10.9. The number of rotatable bonds is 4. The summed E-state index contributed by atoms with van der Waals surface area (Å²) in [7, 11) is 13.9. The third-order valence-corrected chi connectivity index (χ3v) is 5.75. The van der Waals surface area contributed by atoms with Crippen molar-refractivity contribution in [1.82, 2.24) is 0 Å². The Balaban J connectivity index is 1.69. The SMILES string of the molecule is [B]C1([B][B][B]C2CCCCCCCC2)CCCCCCCC1. The molecule has 0 aliphatic heterocycles. The molecule has 0 saturated heterocycles. The van der Waals surface area contributed by atoms with Crippen LogP contribution in [0.15, 0.2) is 0 Å². The quantitative estimate of drug-likeness (QED) is 0.619. The monoisotopic (exact) mass is 293 g/mol. The summed E-state index contributed by atoms with van der Waals surface area (Å²) in [6.07, 6.45) is 22.0. The zero-order chi connectivity index (χ0) is 15.5. The maximum Gasteiger partial charge on any atom is 0.0620 e. The first-order chi connectivity index (χ1) is 10.8. The highest BCUT2D eigenvalue weighted by Gasteiger charge is 2.24. The lowest BCUT2D eigenvalue weighted by molar-refractivity contribution is 0.575. The normalized spacial score (nSPS) is 25.5. The van der Waals surface area contributed by atoms with Crippen molar-refractivity contribution in [2.45, 2.75) is 114 Å². The summed E-state index contributed by atoms with van der Waals surface area (Å²) in [5.41, 5.74) is 0. The lowest BCUT2D eigenvalue weighted by Crippen LogP contribution is -2.30. The molecule has 2 rings (SSSR count). The van der Waals surface area contributed by atoms with E-state index in [1.54, 1.807) is 0 Å². The summed E-state index contributed by atoms with van der Waals surface area (Å²) in [5.74, 6) is 0.800. The molecule has 0 spiro atoms. The van der Waals surface area contributed by atoms with E-state index < -0.39 is 0 Å². The Morgan fingerprint density at radius 1 is 0.636 bits per heavy atom. The van der Waals surface area contributed by atoms with Crippen LogP contribution in [-0.4, -0.2) is 29.2 Å². The molecule has 2 aliphatic rings. The molecule has 0 aromatic carbocycles. The minimum atomic E-state index is -0.0284. The van der Waals surface area contributed by atoms with Crippen molar-refractivity contribution in [2.75, 3.05) is 0 Å². The van der Waals surface area contributed by atoms with Crippen molar-refractivity contribution < 1.29 is 0 Å². The first-order valence-electron chi connectivity index (χ1n) is 10.1. The Morgan fingerprint density at radius 2 is 1.09 bits per heavy atom. The molecular formula is C18H33B4. The van der Waals surface area contributed by atoms with Gasteiger partial charge in [0.2, 0.25) is 0 Å². The Morgan fingerprint density at radius 3 is 1.64 bits per heavy atom. The van der Waals surface area contributed by atoms with Gasteiger partial charge >= 0.3 is 0 Å². The second-order valence-electron chi connectivity index (χ2n) is 7.86. The predicted octanol–water partition coefficient (Wildman–Crippen LogP) is 5.27. The van der Waals surface area contributed by atoms with Crippen LogP contribution in [0.5, 0.6) is 0 Å². The van der Waals surface area contributed by atoms with Gasteiger partial charge in [0.1, 0.15) is 0 Å². The van der Waals surface area contributed by atoms with Crippen molar-refractivity contribution in [3.63, 3.8) is 0 Å². The maximum absolute atomic E-state index is 6.69. The fraction of sp³-hybridized carbons (Fsp3) is 1.00. The number of hydrogen-bond donors (Lipinski definition) is 0. The van der Waals surface area contributed by atoms with E-state index in [4.69, 9.17) is 7.85 Å². The Kier molecular flexibility index (Phi) is 9.24. The molecule has 0 amide bonds. The molecule has 0 bridgehead atoms. The Bertz CT molecular complexity index is 262. The van der Waals surface area contributed by atoms with Gasteiger partial charge in [0.05, 0.1) is 22.2 Å². The van der Waals surface area contributed by atoms with Gasteiger partial charge in [-0.1, -0.05) is 114 Å². The van der Waals surface area contributed by atoms with Crippen molar-refractivity contribution >= 4 is 29.2 Å². The van der Waals surface area contributed by atoms with Gasteiger partial charge < -0.3 is 0 Å². The van der Waals surface area contributed by atoms with E-state index in [9.17, 15) is 0 Å². The molecule has 0 unspecified atom stereocenters. The fourth-order valence-corrected chi connectivity index (χ4v) is 4.17. The van der Waals surface area contributed by atoms with Gasteiger partial charge in [0.15, 0.2) is 0 Å². The first kappa shape index (κ1) is 18.6. The Labute approximate surface area is 143 Å². The highest BCUT2D eigenvalue weighted by atomic mass is 14.1. The van der Waals surface area contributed by atoms with E-state index in [1.165, 1.54) is 103 Å². The fourth-order valence-electron chi connectivity index (χ4n) is 4.17. The molecule has 0 atom stereocenters. The zero-order valence-corrected chi connectivity index (χ0v) is 14.7. The minimum absolute atomic E-state index is 0.0284. The van der Waals surface area contributed by atoms with Crippen molar-refractivity contribution in [2.24, 2.45) is 0 Å². The second-order valence-corrected chi connectivity index (χ2v) is 7.86. The average molecular weight is 293 g/mol. The molecule has 0 aromatic rings. The zero-order valence-electron chi connectivity index (χ0n) is 14.7. The average Bonchev–Trinajstić information content (AvgIpc) is 2.70. The van der Waals surface area contributed by atoms with Crippen LogP contribution in [0.3, 0.4) is 0 Å².